The van der Waals surface area contributed by atoms with E-state index in [2.05, 4.69) is 35.1 Å². The van der Waals surface area contributed by atoms with E-state index in [0.717, 1.165) is 22.2 Å². The molecule has 6 nitrogen and oxygen atoms in total. The molecule has 0 saturated heterocycles. The van der Waals surface area contributed by atoms with Crippen molar-refractivity contribution in [1.29, 1.82) is 0 Å². The molecule has 7 heteroatoms. The van der Waals surface area contributed by atoms with E-state index < -0.39 is 11.9 Å². The van der Waals surface area contributed by atoms with E-state index in [0.29, 0.717) is 34.8 Å². The number of halogens is 1. The lowest BCUT2D eigenvalue weighted by atomic mass is 9.68. The van der Waals surface area contributed by atoms with E-state index in [-0.39, 0.29) is 24.6 Å². The first-order valence-corrected chi connectivity index (χ1v) is 10.5. The van der Waals surface area contributed by atoms with Crippen molar-refractivity contribution in [3.8, 4) is 11.5 Å². The van der Waals surface area contributed by atoms with Crippen LogP contribution in [0.5, 0.6) is 11.5 Å². The number of dihydropyridines is 1. The monoisotopic (exact) mass is 461 g/mol. The Hall–Kier alpha value is -2.28. The highest BCUT2D eigenvalue weighted by atomic mass is 79.9. The molecule has 154 valence electrons. The van der Waals surface area contributed by atoms with Crippen molar-refractivity contribution in [1.82, 2.24) is 5.32 Å². The predicted molar refractivity (Wildman–Crippen MR) is 111 cm³/mol. The van der Waals surface area contributed by atoms with Gasteiger partial charge < -0.3 is 19.5 Å². The zero-order chi connectivity index (χ0) is 20.9. The van der Waals surface area contributed by atoms with Crippen molar-refractivity contribution in [3.63, 3.8) is 0 Å². The molecule has 2 aliphatic heterocycles. The largest absolute Gasteiger partial charge is 0.463 e. The molecule has 0 bridgehead atoms. The lowest BCUT2D eigenvalue weighted by molar-refractivity contribution is -0.138. The highest BCUT2D eigenvalue weighted by Gasteiger charge is 2.45. The van der Waals surface area contributed by atoms with Crippen molar-refractivity contribution in [3.05, 3.63) is 44.7 Å². The normalized spacial score (nSPS) is 22.4. The van der Waals surface area contributed by atoms with E-state index in [1.807, 2.05) is 19.1 Å². The van der Waals surface area contributed by atoms with Gasteiger partial charge in [-0.05, 0) is 37.8 Å². The number of allylic oxidation sites excluding steroid dienone is 3. The second kappa shape index (κ2) is 7.20. The van der Waals surface area contributed by atoms with Gasteiger partial charge in [0.15, 0.2) is 17.3 Å². The Morgan fingerprint density at radius 1 is 1.31 bits per heavy atom. The first-order chi connectivity index (χ1) is 13.7. The second-order valence-electron chi connectivity index (χ2n) is 8.35. The second-order valence-corrected chi connectivity index (χ2v) is 9.20. The van der Waals surface area contributed by atoms with Gasteiger partial charge in [-0.2, -0.15) is 0 Å². The molecule has 3 aliphatic rings. The summed E-state index contributed by atoms with van der Waals surface area (Å²) in [5.41, 5.74) is 3.19. The van der Waals surface area contributed by atoms with Crippen LogP contribution in [-0.4, -0.2) is 25.2 Å². The molecular weight excluding hydrogens is 438 g/mol. The van der Waals surface area contributed by atoms with E-state index in [1.54, 1.807) is 6.92 Å². The van der Waals surface area contributed by atoms with Gasteiger partial charge in [0.25, 0.3) is 0 Å². The average Bonchev–Trinajstić information content (AvgIpc) is 3.08. The predicted octanol–water partition coefficient (Wildman–Crippen LogP) is 4.34. The van der Waals surface area contributed by atoms with Crippen LogP contribution in [0.3, 0.4) is 0 Å². The summed E-state index contributed by atoms with van der Waals surface area (Å²) in [5, 5.41) is 3.33. The van der Waals surface area contributed by atoms with Crippen LogP contribution in [0.2, 0.25) is 0 Å². The van der Waals surface area contributed by atoms with E-state index in [9.17, 15) is 9.59 Å². The third kappa shape index (κ3) is 3.35. The molecule has 2 heterocycles. The minimum Gasteiger partial charge on any atom is -0.463 e. The van der Waals surface area contributed by atoms with Crippen LogP contribution in [0.25, 0.3) is 0 Å². The van der Waals surface area contributed by atoms with Gasteiger partial charge in [-0.15, -0.1) is 0 Å². The molecular formula is C22H24BrNO5. The SMILES string of the molecule is CCOC(=O)C1=C(C)NC2=C(C(=O)CC(C)(C)C2)[C@@H]1c1c(Br)ccc2c1OCO2. The van der Waals surface area contributed by atoms with Crippen LogP contribution >= 0.6 is 15.9 Å². The summed E-state index contributed by atoms with van der Waals surface area (Å²) in [4.78, 5) is 26.3. The minimum absolute atomic E-state index is 0.0338. The fourth-order valence-corrected chi connectivity index (χ4v) is 4.98. The third-order valence-corrected chi connectivity index (χ3v) is 6.24. The van der Waals surface area contributed by atoms with Gasteiger partial charge in [0.1, 0.15) is 0 Å². The summed E-state index contributed by atoms with van der Waals surface area (Å²) < 4.78 is 17.4. The molecule has 0 spiro atoms. The van der Waals surface area contributed by atoms with Gasteiger partial charge in [0.05, 0.1) is 18.1 Å². The first kappa shape index (κ1) is 20.0. The standard InChI is InChI=1S/C22H24BrNO5/c1-5-27-21(26)16-11(2)24-13-8-22(3,4)9-14(25)18(13)19(16)17-12(23)6-7-15-20(17)29-10-28-15/h6-7,19,24H,5,8-10H2,1-4H3/t19-/m0/s1. The Labute approximate surface area is 178 Å². The van der Waals surface area contributed by atoms with Crippen molar-refractivity contribution in [2.45, 2.75) is 46.5 Å². The molecule has 0 fully saturated rings. The minimum atomic E-state index is -0.583. The van der Waals surface area contributed by atoms with Crippen molar-refractivity contribution in [2.75, 3.05) is 13.4 Å². The van der Waals surface area contributed by atoms with Crippen LogP contribution in [0, 0.1) is 5.41 Å². The van der Waals surface area contributed by atoms with Gasteiger partial charge in [0.2, 0.25) is 6.79 Å². The number of esters is 1. The first-order valence-electron chi connectivity index (χ1n) is 9.72. The van der Waals surface area contributed by atoms with Crippen LogP contribution in [0.1, 0.15) is 52.0 Å². The van der Waals surface area contributed by atoms with E-state index in [4.69, 9.17) is 14.2 Å². The molecule has 1 aromatic rings. The number of Topliss-reactive ketones (excluding diaryl/α,β-unsaturated/α-hetero) is 1. The summed E-state index contributed by atoms with van der Waals surface area (Å²) in [6.07, 6.45) is 1.14. The molecule has 29 heavy (non-hydrogen) atoms. The molecule has 0 unspecified atom stereocenters. The zero-order valence-corrected chi connectivity index (χ0v) is 18.6. The smallest absolute Gasteiger partial charge is 0.336 e. The summed E-state index contributed by atoms with van der Waals surface area (Å²) in [7, 11) is 0. The fourth-order valence-electron chi connectivity index (χ4n) is 4.44. The number of nitrogens with one attached hydrogen (secondary N) is 1. The number of ketones is 1. The number of rotatable bonds is 3. The molecule has 1 aromatic carbocycles. The van der Waals surface area contributed by atoms with Gasteiger partial charge in [-0.3, -0.25) is 4.79 Å². The Balaban J connectivity index is 1.96. The zero-order valence-electron chi connectivity index (χ0n) is 17.0. The molecule has 0 aromatic heterocycles. The molecule has 0 amide bonds. The molecule has 4 rings (SSSR count). The highest BCUT2D eigenvalue weighted by molar-refractivity contribution is 9.10. The number of carbonyl (C=O) groups excluding carboxylic acids is 2. The topological polar surface area (TPSA) is 73.9 Å². The van der Waals surface area contributed by atoms with Gasteiger partial charge in [0, 0.05) is 33.4 Å². The average molecular weight is 462 g/mol. The fraction of sp³-hybridized carbons (Fsp3) is 0.455. The van der Waals surface area contributed by atoms with Crippen LogP contribution in [0.15, 0.2) is 39.1 Å². The van der Waals surface area contributed by atoms with Gasteiger partial charge in [-0.1, -0.05) is 29.8 Å². The number of fused-ring (bicyclic) bond motifs is 1. The maximum atomic E-state index is 13.3. The number of ether oxygens (including phenoxy) is 3. The lowest BCUT2D eigenvalue weighted by Crippen LogP contribution is -2.38. The number of benzene rings is 1. The number of hydrogen-bond donors (Lipinski definition) is 1. The van der Waals surface area contributed by atoms with E-state index >= 15 is 0 Å². The maximum absolute atomic E-state index is 13.3. The van der Waals surface area contributed by atoms with Crippen LogP contribution < -0.4 is 14.8 Å². The van der Waals surface area contributed by atoms with Gasteiger partial charge in [-0.25, -0.2) is 4.79 Å². The van der Waals surface area contributed by atoms with E-state index in [1.165, 1.54) is 0 Å². The number of hydrogen-bond acceptors (Lipinski definition) is 6. The van der Waals surface area contributed by atoms with Crippen LogP contribution in [-0.2, 0) is 14.3 Å². The molecule has 1 aliphatic carbocycles. The van der Waals surface area contributed by atoms with Crippen molar-refractivity contribution in [2.24, 2.45) is 5.41 Å². The summed E-state index contributed by atoms with van der Waals surface area (Å²) in [6.45, 7) is 8.14. The molecule has 0 saturated carbocycles. The molecule has 0 radical (unpaired) electrons. The Kier molecular flexibility index (Phi) is 4.97. The Morgan fingerprint density at radius 2 is 2.07 bits per heavy atom. The number of carbonyl (C=O) groups is 2. The Bertz CT molecular complexity index is 976. The highest BCUT2D eigenvalue weighted by Crippen LogP contribution is 2.53. The van der Waals surface area contributed by atoms with Gasteiger partial charge >= 0.3 is 5.97 Å². The molecule has 1 N–H and O–H groups in total. The quantitative estimate of drug-likeness (QED) is 0.674. The summed E-state index contributed by atoms with van der Waals surface area (Å²) in [6, 6.07) is 3.68. The lowest BCUT2D eigenvalue weighted by Gasteiger charge is -2.39. The summed E-state index contributed by atoms with van der Waals surface area (Å²) in [5.74, 6) is 0.181. The summed E-state index contributed by atoms with van der Waals surface area (Å²) >= 11 is 3.62. The van der Waals surface area contributed by atoms with Crippen molar-refractivity contribution < 1.29 is 23.8 Å². The third-order valence-electron chi connectivity index (χ3n) is 5.55. The molecule has 1 atom stereocenters. The maximum Gasteiger partial charge on any atom is 0.336 e. The Morgan fingerprint density at radius 3 is 2.79 bits per heavy atom. The van der Waals surface area contributed by atoms with Crippen molar-refractivity contribution >= 4 is 27.7 Å². The van der Waals surface area contributed by atoms with Crippen LogP contribution in [0.4, 0.5) is 0 Å².